The Morgan fingerprint density at radius 1 is 0.319 bits per heavy atom. The minimum absolute atomic E-state index is 0.162. The quantitative estimate of drug-likeness (QED) is 0.0259. The first-order chi connectivity index (χ1) is 44.0. The molecule has 4 rings (SSSR count). The summed E-state index contributed by atoms with van der Waals surface area (Å²) in [5, 5.41) is 40.1. The van der Waals surface area contributed by atoms with Gasteiger partial charge < -0.3 is 67.8 Å². The zero-order valence-electron chi connectivity index (χ0n) is 54.3. The van der Waals surface area contributed by atoms with Crippen molar-refractivity contribution in [1.82, 2.24) is 0 Å². The summed E-state index contributed by atoms with van der Waals surface area (Å²) in [6, 6.07) is 0. The molecule has 0 bridgehead atoms. The van der Waals surface area contributed by atoms with Gasteiger partial charge in [0, 0.05) is 12.8 Å². The van der Waals surface area contributed by atoms with Gasteiger partial charge in [0.05, 0.1) is 60.6 Å². The summed E-state index contributed by atoms with van der Waals surface area (Å²) in [5.74, 6) is -16.0. The Bertz CT molecular complexity index is 2050. The zero-order chi connectivity index (χ0) is 66.2. The molecule has 4 aliphatic carbocycles. The van der Waals surface area contributed by atoms with Gasteiger partial charge in [-0.15, -0.1) is 0 Å². The molecule has 0 saturated heterocycles. The van der Waals surface area contributed by atoms with E-state index in [2.05, 4.69) is 13.8 Å². The van der Waals surface area contributed by atoms with E-state index in [1.165, 1.54) is 12.8 Å². The predicted octanol–water partition coefficient (Wildman–Crippen LogP) is 7.62. The van der Waals surface area contributed by atoms with Crippen LogP contribution in [0.4, 0.5) is 0 Å². The standard InChI is InChI=1S/C67H108O24/c1-3-5-7-9-11-13-15-33-57(72)84-39-47(70)41-86-61(76)51-27-19-23-31-55(51)65(80)90-45-67(43-88-63(78)53-29-21-17-25-49(53)59(74)82-37-35-68,44-89-64(79)54-30-22-18-26-50(54)60(75)83-38-36-69)46-91-66(81)56-32-24-20-28-52(56)62(77)87-42-48(71)40-85-58(73)34-16-14-12-10-8-6-4-2/h47-56,68-71H,3-46H2,1-2H3. The number of rotatable bonds is 44. The van der Waals surface area contributed by atoms with Gasteiger partial charge in [-0.3, -0.25) is 47.9 Å². The van der Waals surface area contributed by atoms with Crippen LogP contribution in [0.25, 0.3) is 0 Å². The van der Waals surface area contributed by atoms with E-state index < -0.39 is 191 Å². The molecule has 520 valence electrons. The number of aliphatic hydroxyl groups excluding tert-OH is 4. The van der Waals surface area contributed by atoms with Crippen LogP contribution in [0.3, 0.4) is 0 Å². The lowest BCUT2D eigenvalue weighted by Crippen LogP contribution is -2.47. The van der Waals surface area contributed by atoms with Gasteiger partial charge in [0.25, 0.3) is 0 Å². The van der Waals surface area contributed by atoms with Crippen LogP contribution < -0.4 is 0 Å². The number of hydrogen-bond acceptors (Lipinski definition) is 24. The van der Waals surface area contributed by atoms with Crippen LogP contribution in [0.1, 0.15) is 219 Å². The van der Waals surface area contributed by atoms with Crippen molar-refractivity contribution < 1.29 is 116 Å². The van der Waals surface area contributed by atoms with Crippen molar-refractivity contribution >= 4 is 59.7 Å². The molecule has 0 aromatic rings. The third kappa shape index (κ3) is 29.2. The molecule has 0 aliphatic heterocycles. The summed E-state index contributed by atoms with van der Waals surface area (Å²) < 4.78 is 56.1. The van der Waals surface area contributed by atoms with Gasteiger partial charge in [0.1, 0.15) is 83.7 Å². The minimum atomic E-state index is -1.96. The molecule has 0 aromatic carbocycles. The third-order valence-corrected chi connectivity index (χ3v) is 17.9. The second-order valence-electron chi connectivity index (χ2n) is 25.4. The summed E-state index contributed by atoms with van der Waals surface area (Å²) in [5.41, 5.74) is -1.96. The molecule has 4 fully saturated rings. The molecule has 4 aliphatic rings. The predicted molar refractivity (Wildman–Crippen MR) is 325 cm³/mol. The van der Waals surface area contributed by atoms with Crippen molar-refractivity contribution in [3.05, 3.63) is 0 Å². The average molecular weight is 1300 g/mol. The third-order valence-electron chi connectivity index (χ3n) is 17.9. The van der Waals surface area contributed by atoms with E-state index in [1.54, 1.807) is 0 Å². The van der Waals surface area contributed by atoms with E-state index in [1.807, 2.05) is 0 Å². The minimum Gasteiger partial charge on any atom is -0.464 e. The topological polar surface area (TPSA) is 344 Å². The summed E-state index contributed by atoms with van der Waals surface area (Å²) in [4.78, 5) is 137. The maximum Gasteiger partial charge on any atom is 0.309 e. The number of carbonyl (C=O) groups excluding carboxylic acids is 10. The molecule has 10 unspecified atom stereocenters. The van der Waals surface area contributed by atoms with Crippen molar-refractivity contribution in [2.75, 3.05) is 79.3 Å². The molecule has 0 heterocycles. The lowest BCUT2D eigenvalue weighted by molar-refractivity contribution is -0.184. The fourth-order valence-electron chi connectivity index (χ4n) is 12.5. The number of ether oxygens (including phenoxy) is 10. The molecule has 0 radical (unpaired) electrons. The maximum absolute atomic E-state index is 14.5. The molecule has 0 aromatic heterocycles. The first-order valence-electron chi connectivity index (χ1n) is 34.2. The second-order valence-corrected chi connectivity index (χ2v) is 25.4. The van der Waals surface area contributed by atoms with E-state index in [9.17, 15) is 68.4 Å². The number of hydrogen-bond donors (Lipinski definition) is 4. The summed E-state index contributed by atoms with van der Waals surface area (Å²) in [7, 11) is 0. The lowest BCUT2D eigenvalue weighted by atomic mass is 9.79. The molecular weight excluding hydrogens is 1190 g/mol. The van der Waals surface area contributed by atoms with Crippen molar-refractivity contribution in [3.8, 4) is 0 Å². The highest BCUT2D eigenvalue weighted by Gasteiger charge is 2.47. The van der Waals surface area contributed by atoms with Crippen molar-refractivity contribution in [2.24, 2.45) is 52.8 Å². The van der Waals surface area contributed by atoms with E-state index in [4.69, 9.17) is 47.4 Å². The van der Waals surface area contributed by atoms with E-state index in [0.717, 1.165) is 64.2 Å². The number of aliphatic hydroxyl groups is 4. The number of esters is 10. The zero-order valence-corrected chi connectivity index (χ0v) is 54.3. The van der Waals surface area contributed by atoms with Crippen LogP contribution in [0.5, 0.6) is 0 Å². The number of carbonyl (C=O) groups is 10. The van der Waals surface area contributed by atoms with Crippen molar-refractivity contribution in [1.29, 1.82) is 0 Å². The Morgan fingerprint density at radius 3 is 0.791 bits per heavy atom. The summed E-state index contributed by atoms with van der Waals surface area (Å²) in [6.07, 6.45) is 17.7. The van der Waals surface area contributed by atoms with Crippen LogP contribution in [0.15, 0.2) is 0 Å². The Morgan fingerprint density at radius 2 is 0.538 bits per heavy atom. The van der Waals surface area contributed by atoms with E-state index in [-0.39, 0.29) is 77.4 Å². The highest BCUT2D eigenvalue weighted by molar-refractivity contribution is 5.85. The first-order valence-corrected chi connectivity index (χ1v) is 34.2. The Balaban J connectivity index is 1.57. The monoisotopic (exact) mass is 1300 g/mol. The van der Waals surface area contributed by atoms with Gasteiger partial charge in [-0.1, -0.05) is 142 Å². The molecular formula is C67H108O24. The largest absolute Gasteiger partial charge is 0.464 e. The maximum atomic E-state index is 14.5. The fraction of sp³-hybridized carbons (Fsp3) is 0.851. The SMILES string of the molecule is CCCCCCCCCC(=O)OCC(O)COC(=O)C1CCCCC1C(=O)OCC(COC(=O)C1CCCCC1C(=O)OCCO)(COC(=O)C1CCCCC1C(=O)OCCO)COC(=O)C1CCCCC1C(=O)OCC(O)COC(=O)CCCCCCCCC. The van der Waals surface area contributed by atoms with Gasteiger partial charge >= 0.3 is 59.7 Å². The summed E-state index contributed by atoms with van der Waals surface area (Å²) in [6.45, 7) is -2.24. The smallest absolute Gasteiger partial charge is 0.309 e. The van der Waals surface area contributed by atoms with Gasteiger partial charge in [-0.25, -0.2) is 0 Å². The van der Waals surface area contributed by atoms with Crippen LogP contribution in [0.2, 0.25) is 0 Å². The van der Waals surface area contributed by atoms with Gasteiger partial charge in [-0.2, -0.15) is 0 Å². The Kier molecular flexibility index (Phi) is 38.5. The molecule has 0 amide bonds. The van der Waals surface area contributed by atoms with E-state index in [0.29, 0.717) is 64.2 Å². The van der Waals surface area contributed by atoms with E-state index >= 15 is 0 Å². The normalized spacial score (nSPS) is 22.9. The summed E-state index contributed by atoms with van der Waals surface area (Å²) >= 11 is 0. The van der Waals surface area contributed by atoms with Gasteiger partial charge in [0.2, 0.25) is 0 Å². The molecule has 4 saturated carbocycles. The molecule has 24 nitrogen and oxygen atoms in total. The first kappa shape index (κ1) is 78.0. The Labute approximate surface area is 537 Å². The van der Waals surface area contributed by atoms with Gasteiger partial charge in [0.15, 0.2) is 0 Å². The highest BCUT2D eigenvalue weighted by Crippen LogP contribution is 2.38. The van der Waals surface area contributed by atoms with Gasteiger partial charge in [-0.05, 0) is 64.2 Å². The molecule has 0 spiro atoms. The molecule has 4 N–H and O–H groups in total. The highest BCUT2D eigenvalue weighted by atomic mass is 16.6. The Hall–Kier alpha value is -5.46. The molecule has 24 heteroatoms. The van der Waals surface area contributed by atoms with Crippen molar-refractivity contribution in [2.45, 2.75) is 232 Å². The second kappa shape index (κ2) is 45.0. The molecule has 10 atom stereocenters. The number of unbranched alkanes of at least 4 members (excludes halogenated alkanes) is 12. The van der Waals surface area contributed by atoms with Crippen LogP contribution in [-0.2, 0) is 95.3 Å². The van der Waals surface area contributed by atoms with Crippen LogP contribution in [-0.4, -0.2) is 172 Å². The lowest BCUT2D eigenvalue weighted by Gasteiger charge is -2.36. The van der Waals surface area contributed by atoms with Crippen LogP contribution in [0, 0.1) is 52.8 Å². The van der Waals surface area contributed by atoms with Crippen molar-refractivity contribution in [3.63, 3.8) is 0 Å². The average Bonchev–Trinajstić information content (AvgIpc) is 1.18. The molecule has 91 heavy (non-hydrogen) atoms. The fourth-order valence-corrected chi connectivity index (χ4v) is 12.5. The van der Waals surface area contributed by atoms with Crippen LogP contribution >= 0.6 is 0 Å².